The van der Waals surface area contributed by atoms with Crippen molar-refractivity contribution in [3.8, 4) is 0 Å². The van der Waals surface area contributed by atoms with Crippen molar-refractivity contribution in [3.05, 3.63) is 34.9 Å². The van der Waals surface area contributed by atoms with Crippen LogP contribution < -0.4 is 5.73 Å². The van der Waals surface area contributed by atoms with Crippen LogP contribution in [0.3, 0.4) is 0 Å². The fourth-order valence-electron chi connectivity index (χ4n) is 1.08. The Kier molecular flexibility index (Phi) is 2.99. The molecule has 0 spiro atoms. The van der Waals surface area contributed by atoms with Crippen LogP contribution in [0.5, 0.6) is 0 Å². The predicted octanol–water partition coefficient (Wildman–Crippen LogP) is 2.84. The van der Waals surface area contributed by atoms with Crippen LogP contribution in [0.15, 0.2) is 12.1 Å². The fraction of sp³-hybridized carbons (Fsp3) is 0.333. The first-order valence-corrected chi connectivity index (χ1v) is 4.01. The summed E-state index contributed by atoms with van der Waals surface area (Å²) in [7, 11) is 0. The SMILES string of the molecule is Cc1cc(F)c(C(N)C(F)(F)F)cc1F. The van der Waals surface area contributed by atoms with Gasteiger partial charge < -0.3 is 5.73 Å². The van der Waals surface area contributed by atoms with Gasteiger partial charge in [0, 0.05) is 5.56 Å². The van der Waals surface area contributed by atoms with Crippen molar-refractivity contribution in [1.82, 2.24) is 0 Å². The average Bonchev–Trinajstić information content (AvgIpc) is 2.08. The molecule has 84 valence electrons. The highest BCUT2D eigenvalue weighted by atomic mass is 19.4. The Hall–Kier alpha value is -1.17. The number of benzene rings is 1. The lowest BCUT2D eigenvalue weighted by atomic mass is 10.0. The Morgan fingerprint density at radius 2 is 1.67 bits per heavy atom. The zero-order valence-corrected chi connectivity index (χ0v) is 7.70. The molecule has 0 heterocycles. The number of nitrogens with two attached hydrogens (primary N) is 1. The maximum atomic E-state index is 13.1. The summed E-state index contributed by atoms with van der Waals surface area (Å²) in [6.07, 6.45) is -4.79. The summed E-state index contributed by atoms with van der Waals surface area (Å²) in [5.74, 6) is -2.06. The number of aryl methyl sites for hydroxylation is 1. The Balaban J connectivity index is 3.21. The molecule has 0 fully saturated rings. The Morgan fingerprint density at radius 3 is 2.13 bits per heavy atom. The fourth-order valence-corrected chi connectivity index (χ4v) is 1.08. The lowest BCUT2D eigenvalue weighted by molar-refractivity contribution is -0.149. The molecule has 0 aliphatic rings. The minimum Gasteiger partial charge on any atom is -0.316 e. The number of halogens is 5. The highest BCUT2D eigenvalue weighted by molar-refractivity contribution is 5.28. The van der Waals surface area contributed by atoms with Crippen LogP contribution in [-0.4, -0.2) is 6.18 Å². The molecule has 0 aliphatic heterocycles. The molecule has 0 saturated carbocycles. The maximum absolute atomic E-state index is 13.1. The van der Waals surface area contributed by atoms with Gasteiger partial charge in [0.15, 0.2) is 0 Å². The van der Waals surface area contributed by atoms with Crippen LogP contribution in [0.4, 0.5) is 22.0 Å². The van der Waals surface area contributed by atoms with E-state index in [1.54, 1.807) is 0 Å². The van der Waals surface area contributed by atoms with E-state index >= 15 is 0 Å². The molecular formula is C9H8F5N. The molecule has 0 bridgehead atoms. The largest absolute Gasteiger partial charge is 0.407 e. The summed E-state index contributed by atoms with van der Waals surface area (Å²) in [5, 5.41) is 0. The summed E-state index contributed by atoms with van der Waals surface area (Å²) in [6, 6.07) is -1.34. The molecule has 6 heteroatoms. The molecule has 0 radical (unpaired) electrons. The van der Waals surface area contributed by atoms with E-state index in [0.29, 0.717) is 12.1 Å². The normalized spacial score (nSPS) is 14.1. The van der Waals surface area contributed by atoms with E-state index < -0.39 is 29.4 Å². The van der Waals surface area contributed by atoms with Crippen molar-refractivity contribution in [1.29, 1.82) is 0 Å². The van der Waals surface area contributed by atoms with Crippen LogP contribution in [0.25, 0.3) is 0 Å². The maximum Gasteiger partial charge on any atom is 0.407 e. The monoisotopic (exact) mass is 225 g/mol. The van der Waals surface area contributed by atoms with Gasteiger partial charge in [0.1, 0.15) is 17.7 Å². The third-order valence-corrected chi connectivity index (χ3v) is 1.97. The summed E-state index contributed by atoms with van der Waals surface area (Å²) in [6.45, 7) is 1.25. The third kappa shape index (κ3) is 2.44. The van der Waals surface area contributed by atoms with Gasteiger partial charge in [-0.2, -0.15) is 13.2 Å². The summed E-state index contributed by atoms with van der Waals surface area (Å²) >= 11 is 0. The van der Waals surface area contributed by atoms with Crippen LogP contribution in [0.2, 0.25) is 0 Å². The van der Waals surface area contributed by atoms with Crippen molar-refractivity contribution < 1.29 is 22.0 Å². The number of rotatable bonds is 1. The molecule has 0 saturated heterocycles. The lowest BCUT2D eigenvalue weighted by Crippen LogP contribution is -2.29. The molecule has 0 amide bonds. The lowest BCUT2D eigenvalue weighted by Gasteiger charge is -2.16. The van der Waals surface area contributed by atoms with Crippen molar-refractivity contribution in [2.24, 2.45) is 5.73 Å². The van der Waals surface area contributed by atoms with Crippen molar-refractivity contribution in [3.63, 3.8) is 0 Å². The van der Waals surface area contributed by atoms with E-state index in [-0.39, 0.29) is 5.56 Å². The molecule has 1 atom stereocenters. The Bertz CT molecular complexity index is 372. The Labute approximate surface area is 82.7 Å². The minimum absolute atomic E-state index is 0.0642. The molecule has 0 aromatic heterocycles. The number of hydrogen-bond acceptors (Lipinski definition) is 1. The van der Waals surface area contributed by atoms with Gasteiger partial charge in [-0.05, 0) is 24.6 Å². The van der Waals surface area contributed by atoms with E-state index in [9.17, 15) is 22.0 Å². The highest BCUT2D eigenvalue weighted by Crippen LogP contribution is 2.32. The van der Waals surface area contributed by atoms with E-state index in [1.807, 2.05) is 0 Å². The van der Waals surface area contributed by atoms with Crippen molar-refractivity contribution >= 4 is 0 Å². The van der Waals surface area contributed by atoms with Gasteiger partial charge in [0.05, 0.1) is 0 Å². The van der Waals surface area contributed by atoms with Crippen molar-refractivity contribution in [2.45, 2.75) is 19.1 Å². The summed E-state index contributed by atoms with van der Waals surface area (Å²) in [4.78, 5) is 0. The zero-order valence-electron chi connectivity index (χ0n) is 7.70. The van der Waals surface area contributed by atoms with E-state index in [1.165, 1.54) is 6.92 Å². The second-order valence-corrected chi connectivity index (χ2v) is 3.14. The quantitative estimate of drug-likeness (QED) is 0.730. The van der Waals surface area contributed by atoms with Gasteiger partial charge in [0.2, 0.25) is 0 Å². The van der Waals surface area contributed by atoms with E-state index in [2.05, 4.69) is 0 Å². The van der Waals surface area contributed by atoms with Crippen molar-refractivity contribution in [2.75, 3.05) is 0 Å². The van der Waals surface area contributed by atoms with Crippen LogP contribution in [0, 0.1) is 18.6 Å². The zero-order chi connectivity index (χ0) is 11.8. The third-order valence-electron chi connectivity index (χ3n) is 1.97. The minimum atomic E-state index is -4.79. The second-order valence-electron chi connectivity index (χ2n) is 3.14. The first-order valence-electron chi connectivity index (χ1n) is 4.01. The highest BCUT2D eigenvalue weighted by Gasteiger charge is 2.39. The molecule has 1 aromatic rings. The molecule has 1 rings (SSSR count). The molecule has 15 heavy (non-hydrogen) atoms. The Morgan fingerprint density at radius 1 is 1.13 bits per heavy atom. The van der Waals surface area contributed by atoms with Gasteiger partial charge in [-0.3, -0.25) is 0 Å². The smallest absolute Gasteiger partial charge is 0.316 e. The van der Waals surface area contributed by atoms with E-state index in [0.717, 1.165) is 0 Å². The van der Waals surface area contributed by atoms with Gasteiger partial charge >= 0.3 is 6.18 Å². The average molecular weight is 225 g/mol. The molecular weight excluding hydrogens is 217 g/mol. The van der Waals surface area contributed by atoms with Gasteiger partial charge in [-0.15, -0.1) is 0 Å². The molecule has 0 aliphatic carbocycles. The topological polar surface area (TPSA) is 26.0 Å². The number of hydrogen-bond donors (Lipinski definition) is 1. The van der Waals surface area contributed by atoms with Crippen LogP contribution in [0.1, 0.15) is 17.2 Å². The van der Waals surface area contributed by atoms with Crippen LogP contribution in [-0.2, 0) is 0 Å². The first-order chi connectivity index (χ1) is 6.73. The summed E-state index contributed by atoms with van der Waals surface area (Å²) in [5.41, 5.74) is 3.81. The van der Waals surface area contributed by atoms with E-state index in [4.69, 9.17) is 5.73 Å². The first kappa shape index (κ1) is 11.9. The van der Waals surface area contributed by atoms with Gasteiger partial charge in [-0.1, -0.05) is 0 Å². The van der Waals surface area contributed by atoms with Crippen LogP contribution >= 0.6 is 0 Å². The van der Waals surface area contributed by atoms with Gasteiger partial charge in [0.25, 0.3) is 0 Å². The number of alkyl halides is 3. The molecule has 1 unspecified atom stereocenters. The summed E-state index contributed by atoms with van der Waals surface area (Å²) < 4.78 is 62.4. The standard InChI is InChI=1S/C9H8F5N/c1-4-2-7(11)5(3-6(4)10)8(15)9(12,13)14/h2-3,8H,15H2,1H3. The molecule has 1 nitrogen and oxygen atoms in total. The molecule has 1 aromatic carbocycles. The molecule has 2 N–H and O–H groups in total. The second kappa shape index (κ2) is 3.77. The van der Waals surface area contributed by atoms with Gasteiger partial charge in [-0.25, -0.2) is 8.78 Å². The predicted molar refractivity (Wildman–Crippen MR) is 44.1 cm³/mol.